The van der Waals surface area contributed by atoms with Crippen molar-refractivity contribution in [1.82, 2.24) is 15.5 Å². The van der Waals surface area contributed by atoms with Gasteiger partial charge in [0.1, 0.15) is 11.9 Å². The zero-order valence-electron chi connectivity index (χ0n) is 21.2. The van der Waals surface area contributed by atoms with Crippen molar-refractivity contribution in [2.24, 2.45) is 0 Å². The van der Waals surface area contributed by atoms with E-state index in [-0.39, 0.29) is 24.2 Å². The Hall–Kier alpha value is -3.68. The van der Waals surface area contributed by atoms with Crippen LogP contribution in [0.5, 0.6) is 0 Å². The van der Waals surface area contributed by atoms with E-state index in [1.807, 2.05) is 48.5 Å². The molecule has 0 bridgehead atoms. The van der Waals surface area contributed by atoms with E-state index in [4.69, 9.17) is 4.74 Å². The molecule has 0 aromatic heterocycles. The summed E-state index contributed by atoms with van der Waals surface area (Å²) in [6.07, 6.45) is 1.31. The third-order valence-electron chi connectivity index (χ3n) is 5.94. The fourth-order valence-corrected chi connectivity index (χ4v) is 4.28. The van der Waals surface area contributed by atoms with Crippen molar-refractivity contribution in [3.63, 3.8) is 0 Å². The number of fused-ring (bicyclic) bond motifs is 1. The lowest BCUT2D eigenvalue weighted by molar-refractivity contribution is -0.121. The molecule has 1 unspecified atom stereocenters. The lowest BCUT2D eigenvalue weighted by Crippen LogP contribution is -2.44. The van der Waals surface area contributed by atoms with Gasteiger partial charge in [0.15, 0.2) is 0 Å². The van der Waals surface area contributed by atoms with Crippen LogP contribution in [0, 0.1) is 0 Å². The van der Waals surface area contributed by atoms with E-state index >= 15 is 0 Å². The van der Waals surface area contributed by atoms with Gasteiger partial charge >= 0.3 is 6.09 Å². The summed E-state index contributed by atoms with van der Waals surface area (Å²) in [6, 6.07) is 16.2. The van der Waals surface area contributed by atoms with Crippen LogP contribution >= 0.6 is 0 Å². The SMILES string of the molecule is CC(C)(C)OC(=O)N[C@@H](CC(=O)NCC1CN(CCCC=O)C(=O)c2ccccc21)c1ccccc1. The van der Waals surface area contributed by atoms with Gasteiger partial charge in [-0.05, 0) is 44.4 Å². The van der Waals surface area contributed by atoms with Gasteiger partial charge < -0.3 is 25.1 Å². The van der Waals surface area contributed by atoms with Crippen LogP contribution in [0.4, 0.5) is 4.79 Å². The Morgan fingerprint density at radius 3 is 2.50 bits per heavy atom. The molecule has 1 aliphatic rings. The Bertz CT molecular complexity index is 1060. The second-order valence-corrected chi connectivity index (χ2v) is 9.96. The number of rotatable bonds is 10. The van der Waals surface area contributed by atoms with Crippen molar-refractivity contribution in [3.05, 3.63) is 71.3 Å². The second kappa shape index (κ2) is 12.3. The van der Waals surface area contributed by atoms with Crippen LogP contribution in [0.1, 0.15) is 73.5 Å². The lowest BCUT2D eigenvalue weighted by atomic mass is 9.89. The summed E-state index contributed by atoms with van der Waals surface area (Å²) in [6.45, 7) is 6.66. The number of unbranched alkanes of at least 4 members (excludes halogenated alkanes) is 1. The first-order valence-corrected chi connectivity index (χ1v) is 12.3. The fourth-order valence-electron chi connectivity index (χ4n) is 4.28. The molecule has 2 atom stereocenters. The Morgan fingerprint density at radius 1 is 1.11 bits per heavy atom. The Kier molecular flexibility index (Phi) is 9.22. The van der Waals surface area contributed by atoms with E-state index in [9.17, 15) is 19.2 Å². The zero-order valence-corrected chi connectivity index (χ0v) is 21.2. The first-order valence-electron chi connectivity index (χ1n) is 12.3. The van der Waals surface area contributed by atoms with Gasteiger partial charge in [-0.25, -0.2) is 4.79 Å². The predicted molar refractivity (Wildman–Crippen MR) is 137 cm³/mol. The molecule has 2 aromatic carbocycles. The lowest BCUT2D eigenvalue weighted by Gasteiger charge is -2.34. The molecule has 8 nitrogen and oxygen atoms in total. The van der Waals surface area contributed by atoms with Crippen LogP contribution in [0.15, 0.2) is 54.6 Å². The molecule has 3 rings (SSSR count). The number of hydrogen-bond acceptors (Lipinski definition) is 5. The summed E-state index contributed by atoms with van der Waals surface area (Å²) in [5, 5.41) is 5.81. The monoisotopic (exact) mass is 493 g/mol. The van der Waals surface area contributed by atoms with Gasteiger partial charge in [-0.2, -0.15) is 0 Å². The zero-order chi connectivity index (χ0) is 26.1. The van der Waals surface area contributed by atoms with Crippen molar-refractivity contribution in [3.8, 4) is 0 Å². The molecule has 0 saturated carbocycles. The van der Waals surface area contributed by atoms with E-state index in [1.54, 1.807) is 31.7 Å². The van der Waals surface area contributed by atoms with Crippen LogP contribution in [0.25, 0.3) is 0 Å². The maximum atomic E-state index is 13.0. The maximum absolute atomic E-state index is 13.0. The minimum atomic E-state index is -0.656. The highest BCUT2D eigenvalue weighted by atomic mass is 16.6. The normalized spacial score (nSPS) is 16.0. The van der Waals surface area contributed by atoms with Gasteiger partial charge in [-0.15, -0.1) is 0 Å². The van der Waals surface area contributed by atoms with Crippen molar-refractivity contribution < 1.29 is 23.9 Å². The molecule has 0 saturated heterocycles. The van der Waals surface area contributed by atoms with Crippen LogP contribution in [0.2, 0.25) is 0 Å². The Labute approximate surface area is 212 Å². The molecule has 2 aromatic rings. The summed E-state index contributed by atoms with van der Waals surface area (Å²) >= 11 is 0. The summed E-state index contributed by atoms with van der Waals surface area (Å²) < 4.78 is 5.39. The summed E-state index contributed by atoms with van der Waals surface area (Å²) in [4.78, 5) is 50.8. The number of benzene rings is 2. The molecular weight excluding hydrogens is 458 g/mol. The molecule has 2 N–H and O–H groups in total. The van der Waals surface area contributed by atoms with Gasteiger partial charge in [-0.3, -0.25) is 9.59 Å². The van der Waals surface area contributed by atoms with Crippen molar-refractivity contribution >= 4 is 24.2 Å². The van der Waals surface area contributed by atoms with E-state index < -0.39 is 17.7 Å². The molecule has 36 heavy (non-hydrogen) atoms. The van der Waals surface area contributed by atoms with Gasteiger partial charge in [0, 0.05) is 37.5 Å². The number of carbonyl (C=O) groups is 4. The maximum Gasteiger partial charge on any atom is 0.408 e. The number of nitrogens with one attached hydrogen (secondary N) is 2. The van der Waals surface area contributed by atoms with Crippen LogP contribution in [-0.2, 0) is 14.3 Å². The molecule has 1 aliphatic heterocycles. The number of carbonyl (C=O) groups excluding carboxylic acids is 4. The smallest absolute Gasteiger partial charge is 0.408 e. The molecule has 3 amide bonds. The van der Waals surface area contributed by atoms with Crippen molar-refractivity contribution in [2.45, 2.75) is 57.6 Å². The first kappa shape index (κ1) is 26.9. The standard InChI is InChI=1S/C28H35N3O5/c1-28(2,3)36-27(35)30-24(20-11-5-4-6-12-20)17-25(33)29-18-21-19-31(15-9-10-16-32)26(34)23-14-8-7-13-22(21)23/h4-8,11-14,16,21,24H,9-10,15,17-19H2,1-3H3,(H,29,33)(H,30,35)/t21?,24-/m0/s1. The van der Waals surface area contributed by atoms with Gasteiger partial charge in [0.05, 0.1) is 12.5 Å². The third-order valence-corrected chi connectivity index (χ3v) is 5.94. The second-order valence-electron chi connectivity index (χ2n) is 9.96. The summed E-state index contributed by atoms with van der Waals surface area (Å²) in [7, 11) is 0. The first-order chi connectivity index (χ1) is 17.2. The van der Waals surface area contributed by atoms with E-state index in [2.05, 4.69) is 10.6 Å². The number of alkyl carbamates (subject to hydrolysis) is 1. The third kappa shape index (κ3) is 7.66. The van der Waals surface area contributed by atoms with Crippen molar-refractivity contribution in [2.75, 3.05) is 19.6 Å². The number of ether oxygens (including phenoxy) is 1. The molecule has 0 fully saturated rings. The largest absolute Gasteiger partial charge is 0.444 e. The highest BCUT2D eigenvalue weighted by molar-refractivity contribution is 5.97. The van der Waals surface area contributed by atoms with Gasteiger partial charge in [0.2, 0.25) is 5.91 Å². The fraction of sp³-hybridized carbons (Fsp3) is 0.429. The minimum absolute atomic E-state index is 0.0413. The Morgan fingerprint density at radius 2 is 1.81 bits per heavy atom. The number of amides is 3. The minimum Gasteiger partial charge on any atom is -0.444 e. The molecule has 0 spiro atoms. The highest BCUT2D eigenvalue weighted by Gasteiger charge is 2.31. The summed E-state index contributed by atoms with van der Waals surface area (Å²) in [5.41, 5.74) is 1.68. The Balaban J connectivity index is 1.67. The van der Waals surface area contributed by atoms with E-state index in [0.29, 0.717) is 38.0 Å². The predicted octanol–water partition coefficient (Wildman–Crippen LogP) is 3.98. The molecule has 0 aliphatic carbocycles. The molecule has 0 radical (unpaired) electrons. The van der Waals surface area contributed by atoms with Crippen molar-refractivity contribution in [1.29, 1.82) is 0 Å². The van der Waals surface area contributed by atoms with Gasteiger partial charge in [0.25, 0.3) is 5.91 Å². The van der Waals surface area contributed by atoms with Crippen LogP contribution < -0.4 is 10.6 Å². The number of nitrogens with zero attached hydrogens (tertiary/aromatic N) is 1. The van der Waals surface area contributed by atoms with Crippen LogP contribution in [-0.4, -0.2) is 54.3 Å². The number of hydrogen-bond donors (Lipinski definition) is 2. The molecule has 1 heterocycles. The van der Waals surface area contributed by atoms with E-state index in [1.165, 1.54) is 0 Å². The number of aldehydes is 1. The highest BCUT2D eigenvalue weighted by Crippen LogP contribution is 2.28. The van der Waals surface area contributed by atoms with E-state index in [0.717, 1.165) is 17.4 Å². The van der Waals surface area contributed by atoms with Gasteiger partial charge in [-0.1, -0.05) is 48.5 Å². The molecule has 192 valence electrons. The topological polar surface area (TPSA) is 105 Å². The molecular formula is C28H35N3O5. The summed E-state index contributed by atoms with van der Waals surface area (Å²) in [5.74, 6) is -0.348. The quantitative estimate of drug-likeness (QED) is 0.385. The average molecular weight is 494 g/mol. The van der Waals surface area contributed by atoms with Crippen LogP contribution in [0.3, 0.4) is 0 Å². The molecule has 8 heteroatoms. The average Bonchev–Trinajstić information content (AvgIpc) is 2.84.